The van der Waals surface area contributed by atoms with Gasteiger partial charge in [0.05, 0.1) is 11.0 Å². The second-order valence-corrected chi connectivity index (χ2v) is 13.5. The number of nitrogens with zero attached hydrogens (tertiary/aromatic N) is 2. The number of aromatic nitrogens is 1. The molecule has 0 aliphatic rings. The van der Waals surface area contributed by atoms with Gasteiger partial charge in [0.1, 0.15) is 0 Å². The number of hydrogen-bond donors (Lipinski definition) is 0. The standard InChI is InChI=1S/C46H38N2/c1-46(2,3)42-31-36(34-17-9-5-10-18-34)25-29-45(42)47(38-26-23-35(24-27-38)33-15-7-4-8-16-33)39-28-30-44-41(32-39)40-21-13-14-22-43(40)48(44)37-19-11-6-12-20-37/h4-32H,1-3H3. The van der Waals surface area contributed by atoms with E-state index in [0.29, 0.717) is 0 Å². The van der Waals surface area contributed by atoms with Gasteiger partial charge in [0.25, 0.3) is 0 Å². The second kappa shape index (κ2) is 12.1. The third-order valence-electron chi connectivity index (χ3n) is 9.31. The molecule has 232 valence electrons. The van der Waals surface area contributed by atoms with Crippen molar-refractivity contribution >= 4 is 38.9 Å². The van der Waals surface area contributed by atoms with Gasteiger partial charge in [-0.05, 0) is 93.9 Å². The van der Waals surface area contributed by atoms with Gasteiger partial charge in [0.15, 0.2) is 0 Å². The van der Waals surface area contributed by atoms with Crippen LogP contribution >= 0.6 is 0 Å². The molecule has 7 aromatic carbocycles. The molecule has 48 heavy (non-hydrogen) atoms. The third-order valence-corrected chi connectivity index (χ3v) is 9.31. The van der Waals surface area contributed by atoms with Gasteiger partial charge in [-0.2, -0.15) is 0 Å². The SMILES string of the molecule is CC(C)(C)c1cc(-c2ccccc2)ccc1N(c1ccc(-c2ccccc2)cc1)c1ccc2c(c1)c1ccccc1n2-c1ccccc1. The normalized spacial score (nSPS) is 11.6. The van der Waals surface area contributed by atoms with E-state index >= 15 is 0 Å². The zero-order chi connectivity index (χ0) is 32.7. The van der Waals surface area contributed by atoms with Gasteiger partial charge in [0, 0.05) is 33.5 Å². The topological polar surface area (TPSA) is 8.17 Å². The molecule has 8 aromatic rings. The molecule has 8 rings (SSSR count). The maximum Gasteiger partial charge on any atom is 0.0542 e. The molecule has 0 unspecified atom stereocenters. The molecule has 2 nitrogen and oxygen atoms in total. The summed E-state index contributed by atoms with van der Waals surface area (Å²) < 4.78 is 2.38. The van der Waals surface area contributed by atoms with Crippen molar-refractivity contribution in [2.24, 2.45) is 0 Å². The van der Waals surface area contributed by atoms with E-state index in [4.69, 9.17) is 0 Å². The van der Waals surface area contributed by atoms with Crippen LogP contribution < -0.4 is 4.90 Å². The minimum Gasteiger partial charge on any atom is -0.310 e. The fourth-order valence-electron chi connectivity index (χ4n) is 6.96. The Morgan fingerprint density at radius 2 is 0.938 bits per heavy atom. The van der Waals surface area contributed by atoms with E-state index in [1.54, 1.807) is 0 Å². The first kappa shape index (κ1) is 29.5. The molecule has 1 aromatic heterocycles. The molecule has 0 fully saturated rings. The lowest BCUT2D eigenvalue weighted by Crippen LogP contribution is -2.19. The molecule has 0 N–H and O–H groups in total. The van der Waals surface area contributed by atoms with Gasteiger partial charge < -0.3 is 9.47 Å². The molecule has 0 amide bonds. The van der Waals surface area contributed by atoms with Crippen molar-refractivity contribution in [2.75, 3.05) is 4.90 Å². The first-order valence-corrected chi connectivity index (χ1v) is 16.7. The van der Waals surface area contributed by atoms with Crippen LogP contribution in [0.1, 0.15) is 26.3 Å². The van der Waals surface area contributed by atoms with E-state index in [9.17, 15) is 0 Å². The Morgan fingerprint density at radius 1 is 0.417 bits per heavy atom. The quantitative estimate of drug-likeness (QED) is 0.180. The zero-order valence-corrected chi connectivity index (χ0v) is 27.6. The van der Waals surface area contributed by atoms with E-state index in [1.165, 1.54) is 55.3 Å². The molecule has 0 spiro atoms. The molecule has 0 aliphatic heterocycles. The summed E-state index contributed by atoms with van der Waals surface area (Å²) in [6.45, 7) is 6.94. The Morgan fingerprint density at radius 3 is 1.60 bits per heavy atom. The summed E-state index contributed by atoms with van der Waals surface area (Å²) in [4.78, 5) is 2.44. The summed E-state index contributed by atoms with van der Waals surface area (Å²) >= 11 is 0. The van der Waals surface area contributed by atoms with Gasteiger partial charge in [-0.3, -0.25) is 0 Å². The first-order valence-electron chi connectivity index (χ1n) is 16.7. The minimum atomic E-state index is -0.101. The van der Waals surface area contributed by atoms with Crippen LogP contribution in [-0.2, 0) is 5.41 Å². The highest BCUT2D eigenvalue weighted by Gasteiger charge is 2.25. The van der Waals surface area contributed by atoms with Gasteiger partial charge >= 0.3 is 0 Å². The zero-order valence-electron chi connectivity index (χ0n) is 27.6. The van der Waals surface area contributed by atoms with Crippen LogP contribution in [-0.4, -0.2) is 4.57 Å². The molecular weight excluding hydrogens is 581 g/mol. The summed E-state index contributed by atoms with van der Waals surface area (Å²) in [7, 11) is 0. The van der Waals surface area contributed by atoms with Gasteiger partial charge in [-0.1, -0.05) is 136 Å². The fraction of sp³-hybridized carbons (Fsp3) is 0.0870. The maximum atomic E-state index is 2.44. The number of benzene rings is 7. The highest BCUT2D eigenvalue weighted by atomic mass is 15.1. The number of fused-ring (bicyclic) bond motifs is 3. The molecule has 0 radical (unpaired) electrons. The summed E-state index contributed by atoms with van der Waals surface area (Å²) in [5, 5.41) is 2.48. The van der Waals surface area contributed by atoms with Crippen molar-refractivity contribution in [3.05, 3.63) is 181 Å². The molecule has 1 heterocycles. The number of anilines is 3. The van der Waals surface area contributed by atoms with E-state index in [-0.39, 0.29) is 5.41 Å². The average Bonchev–Trinajstić information content (AvgIpc) is 3.47. The highest BCUT2D eigenvalue weighted by Crippen LogP contribution is 2.45. The Kier molecular flexibility index (Phi) is 7.42. The minimum absolute atomic E-state index is 0.101. The fourth-order valence-corrected chi connectivity index (χ4v) is 6.96. The van der Waals surface area contributed by atoms with Crippen LogP contribution in [0.3, 0.4) is 0 Å². The van der Waals surface area contributed by atoms with Crippen LogP contribution in [0.25, 0.3) is 49.7 Å². The molecule has 2 heteroatoms. The molecule has 0 aliphatic carbocycles. The predicted octanol–water partition coefficient (Wildman–Crippen LogP) is 12.9. The molecule has 0 bridgehead atoms. The first-order chi connectivity index (χ1) is 23.5. The van der Waals surface area contributed by atoms with Crippen molar-refractivity contribution < 1.29 is 0 Å². The van der Waals surface area contributed by atoms with Crippen LogP contribution in [0.5, 0.6) is 0 Å². The Labute approximate surface area is 283 Å². The van der Waals surface area contributed by atoms with Crippen molar-refractivity contribution in [1.29, 1.82) is 0 Å². The summed E-state index contributed by atoms with van der Waals surface area (Å²) in [5.74, 6) is 0. The smallest absolute Gasteiger partial charge is 0.0542 e. The largest absolute Gasteiger partial charge is 0.310 e. The van der Waals surface area contributed by atoms with E-state index in [2.05, 4.69) is 206 Å². The lowest BCUT2D eigenvalue weighted by molar-refractivity contribution is 0.591. The predicted molar refractivity (Wildman–Crippen MR) is 205 cm³/mol. The number of rotatable bonds is 6. The van der Waals surface area contributed by atoms with E-state index in [0.717, 1.165) is 17.1 Å². The van der Waals surface area contributed by atoms with Crippen LogP contribution in [0.4, 0.5) is 17.1 Å². The van der Waals surface area contributed by atoms with Crippen molar-refractivity contribution in [1.82, 2.24) is 4.57 Å². The highest BCUT2D eigenvalue weighted by molar-refractivity contribution is 6.10. The second-order valence-electron chi connectivity index (χ2n) is 13.5. The Bertz CT molecular complexity index is 2340. The molecule has 0 saturated heterocycles. The molecular formula is C46H38N2. The van der Waals surface area contributed by atoms with E-state index < -0.39 is 0 Å². The maximum absolute atomic E-state index is 2.44. The lowest BCUT2D eigenvalue weighted by Gasteiger charge is -2.32. The van der Waals surface area contributed by atoms with Crippen LogP contribution in [0, 0.1) is 0 Å². The summed E-state index contributed by atoms with van der Waals surface area (Å²) in [6, 6.07) is 63.6. The number of hydrogen-bond acceptors (Lipinski definition) is 1. The monoisotopic (exact) mass is 618 g/mol. The summed E-state index contributed by atoms with van der Waals surface area (Å²) in [5.41, 5.74) is 13.1. The summed E-state index contributed by atoms with van der Waals surface area (Å²) in [6.07, 6.45) is 0. The van der Waals surface area contributed by atoms with Gasteiger partial charge in [0.2, 0.25) is 0 Å². The molecule has 0 atom stereocenters. The van der Waals surface area contributed by atoms with Gasteiger partial charge in [-0.15, -0.1) is 0 Å². The number of para-hydroxylation sites is 2. The van der Waals surface area contributed by atoms with Crippen LogP contribution in [0.2, 0.25) is 0 Å². The Balaban J connectivity index is 1.36. The molecule has 0 saturated carbocycles. The van der Waals surface area contributed by atoms with Crippen molar-refractivity contribution in [3.63, 3.8) is 0 Å². The van der Waals surface area contributed by atoms with Crippen LogP contribution in [0.15, 0.2) is 176 Å². The van der Waals surface area contributed by atoms with Crippen molar-refractivity contribution in [2.45, 2.75) is 26.2 Å². The van der Waals surface area contributed by atoms with Crippen molar-refractivity contribution in [3.8, 4) is 27.9 Å². The lowest BCUT2D eigenvalue weighted by atomic mass is 9.83. The Hall–Kier alpha value is -5.86. The third kappa shape index (κ3) is 5.36. The van der Waals surface area contributed by atoms with E-state index in [1.807, 2.05) is 0 Å². The average molecular weight is 619 g/mol. The van der Waals surface area contributed by atoms with Gasteiger partial charge in [-0.25, -0.2) is 0 Å².